The SMILES string of the molecule is CCC(CC)N(CC(C)C)S(=O)(=O)c1c(C)csc1CN. The molecule has 122 valence electrons. The second kappa shape index (κ2) is 7.72. The van der Waals surface area contributed by atoms with Crippen molar-refractivity contribution in [3.8, 4) is 0 Å². The second-order valence-corrected chi connectivity index (χ2v) is 8.61. The highest BCUT2D eigenvalue weighted by Crippen LogP contribution is 2.31. The van der Waals surface area contributed by atoms with Gasteiger partial charge in [0.2, 0.25) is 10.0 Å². The molecule has 0 saturated heterocycles. The predicted molar refractivity (Wildman–Crippen MR) is 90.0 cm³/mol. The molecule has 1 rings (SSSR count). The van der Waals surface area contributed by atoms with Crippen molar-refractivity contribution in [2.45, 2.75) is 64.9 Å². The van der Waals surface area contributed by atoms with Gasteiger partial charge < -0.3 is 5.73 Å². The van der Waals surface area contributed by atoms with Crippen molar-refractivity contribution in [1.29, 1.82) is 0 Å². The summed E-state index contributed by atoms with van der Waals surface area (Å²) in [6.07, 6.45) is 1.65. The fourth-order valence-electron chi connectivity index (χ4n) is 2.59. The van der Waals surface area contributed by atoms with Crippen LogP contribution < -0.4 is 5.73 Å². The number of nitrogens with zero attached hydrogens (tertiary/aromatic N) is 1. The molecule has 0 unspecified atom stereocenters. The Balaban J connectivity index is 3.36. The summed E-state index contributed by atoms with van der Waals surface area (Å²) in [5.41, 5.74) is 6.54. The molecule has 1 aromatic rings. The first-order chi connectivity index (χ1) is 9.79. The predicted octanol–water partition coefficient (Wildman–Crippen LogP) is 3.35. The van der Waals surface area contributed by atoms with Gasteiger partial charge in [0.1, 0.15) is 4.90 Å². The van der Waals surface area contributed by atoms with Crippen LogP contribution in [0.1, 0.15) is 51.0 Å². The zero-order chi connectivity index (χ0) is 16.2. The summed E-state index contributed by atoms with van der Waals surface area (Å²) >= 11 is 1.44. The zero-order valence-corrected chi connectivity index (χ0v) is 15.4. The topological polar surface area (TPSA) is 63.4 Å². The number of sulfonamides is 1. The standard InChI is InChI=1S/C15H28N2O2S2/c1-6-13(7-2)17(9-11(3)4)21(18,19)15-12(5)10-20-14(15)8-16/h10-11,13H,6-9,16H2,1-5H3. The van der Waals surface area contributed by atoms with Crippen LogP contribution in [0.5, 0.6) is 0 Å². The molecule has 0 aliphatic carbocycles. The summed E-state index contributed by atoms with van der Waals surface area (Å²) in [5, 5.41) is 1.88. The first kappa shape index (κ1) is 18.6. The third-order valence-electron chi connectivity index (χ3n) is 3.64. The smallest absolute Gasteiger partial charge is 0.244 e. The summed E-state index contributed by atoms with van der Waals surface area (Å²) in [6.45, 7) is 10.9. The maximum atomic E-state index is 13.2. The number of hydrogen-bond donors (Lipinski definition) is 1. The monoisotopic (exact) mass is 332 g/mol. The lowest BCUT2D eigenvalue weighted by Gasteiger charge is -2.31. The number of hydrogen-bond acceptors (Lipinski definition) is 4. The molecule has 0 amide bonds. The molecule has 0 spiro atoms. The lowest BCUT2D eigenvalue weighted by Crippen LogP contribution is -2.42. The largest absolute Gasteiger partial charge is 0.326 e. The van der Waals surface area contributed by atoms with Crippen molar-refractivity contribution >= 4 is 21.4 Å². The maximum Gasteiger partial charge on any atom is 0.244 e. The van der Waals surface area contributed by atoms with Crippen molar-refractivity contribution in [3.05, 3.63) is 15.8 Å². The third-order valence-corrected chi connectivity index (χ3v) is 7.04. The van der Waals surface area contributed by atoms with Crippen molar-refractivity contribution in [2.75, 3.05) is 6.54 Å². The van der Waals surface area contributed by atoms with Crippen molar-refractivity contribution < 1.29 is 8.42 Å². The van der Waals surface area contributed by atoms with Crippen LogP contribution in [0.2, 0.25) is 0 Å². The van der Waals surface area contributed by atoms with E-state index in [0.717, 1.165) is 23.3 Å². The minimum Gasteiger partial charge on any atom is -0.326 e. The molecule has 1 aromatic heterocycles. The summed E-state index contributed by atoms with van der Waals surface area (Å²) in [6, 6.07) is 0.0438. The van der Waals surface area contributed by atoms with Crippen LogP contribution in [-0.2, 0) is 16.6 Å². The van der Waals surface area contributed by atoms with Crippen LogP contribution >= 0.6 is 11.3 Å². The van der Waals surface area contributed by atoms with E-state index in [4.69, 9.17) is 5.73 Å². The Kier molecular flexibility index (Phi) is 6.84. The fraction of sp³-hybridized carbons (Fsp3) is 0.733. The van der Waals surface area contributed by atoms with Gasteiger partial charge in [-0.15, -0.1) is 11.3 Å². The molecule has 0 radical (unpaired) electrons. The number of nitrogens with two attached hydrogens (primary N) is 1. The van der Waals surface area contributed by atoms with E-state index in [1.165, 1.54) is 11.3 Å². The van der Waals surface area contributed by atoms with Gasteiger partial charge in [0.25, 0.3) is 0 Å². The van der Waals surface area contributed by atoms with Crippen molar-refractivity contribution in [1.82, 2.24) is 4.31 Å². The maximum absolute atomic E-state index is 13.2. The van der Waals surface area contributed by atoms with Crippen LogP contribution in [0.3, 0.4) is 0 Å². The number of thiophene rings is 1. The molecular weight excluding hydrogens is 304 g/mol. The van der Waals surface area contributed by atoms with Crippen LogP contribution in [0.4, 0.5) is 0 Å². The molecule has 21 heavy (non-hydrogen) atoms. The Morgan fingerprint density at radius 3 is 2.29 bits per heavy atom. The molecule has 0 fully saturated rings. The average molecular weight is 333 g/mol. The molecule has 0 bridgehead atoms. The Morgan fingerprint density at radius 2 is 1.86 bits per heavy atom. The Labute approximate surface area is 133 Å². The first-order valence-electron chi connectivity index (χ1n) is 7.58. The van der Waals surface area contributed by atoms with E-state index in [1.807, 2.05) is 26.2 Å². The van der Waals surface area contributed by atoms with Gasteiger partial charge in [0, 0.05) is 24.0 Å². The second-order valence-electron chi connectivity index (χ2n) is 5.81. The highest BCUT2D eigenvalue weighted by molar-refractivity contribution is 7.89. The van der Waals surface area contributed by atoms with E-state index in [0.29, 0.717) is 17.4 Å². The lowest BCUT2D eigenvalue weighted by atomic mass is 10.1. The lowest BCUT2D eigenvalue weighted by molar-refractivity contribution is 0.276. The van der Waals surface area contributed by atoms with E-state index in [2.05, 4.69) is 13.8 Å². The van der Waals surface area contributed by atoms with E-state index < -0.39 is 10.0 Å². The van der Waals surface area contributed by atoms with Gasteiger partial charge >= 0.3 is 0 Å². The van der Waals surface area contributed by atoms with Gasteiger partial charge in [0.15, 0.2) is 0 Å². The van der Waals surface area contributed by atoms with E-state index in [-0.39, 0.29) is 12.6 Å². The zero-order valence-electron chi connectivity index (χ0n) is 13.7. The van der Waals surface area contributed by atoms with Gasteiger partial charge in [-0.1, -0.05) is 27.7 Å². The highest BCUT2D eigenvalue weighted by Gasteiger charge is 2.33. The summed E-state index contributed by atoms with van der Waals surface area (Å²) in [5.74, 6) is 0.292. The number of rotatable bonds is 8. The van der Waals surface area contributed by atoms with E-state index in [1.54, 1.807) is 4.31 Å². The van der Waals surface area contributed by atoms with Crippen LogP contribution in [-0.4, -0.2) is 25.3 Å². The van der Waals surface area contributed by atoms with Crippen LogP contribution in [0, 0.1) is 12.8 Å². The molecular formula is C15H28N2O2S2. The van der Waals surface area contributed by atoms with Crippen LogP contribution in [0.25, 0.3) is 0 Å². The highest BCUT2D eigenvalue weighted by atomic mass is 32.2. The summed E-state index contributed by atoms with van der Waals surface area (Å²) in [4.78, 5) is 1.19. The normalized spacial score (nSPS) is 12.8. The van der Waals surface area contributed by atoms with Crippen LogP contribution in [0.15, 0.2) is 10.3 Å². The first-order valence-corrected chi connectivity index (χ1v) is 9.90. The molecule has 1 heterocycles. The quantitative estimate of drug-likeness (QED) is 0.794. The van der Waals surface area contributed by atoms with Gasteiger partial charge in [-0.05, 0) is 36.6 Å². The summed E-state index contributed by atoms with van der Waals surface area (Å²) in [7, 11) is -3.49. The third kappa shape index (κ3) is 4.06. The molecule has 6 heteroatoms. The molecule has 0 aliphatic rings. The average Bonchev–Trinajstić information content (AvgIpc) is 2.80. The molecule has 0 aromatic carbocycles. The van der Waals surface area contributed by atoms with Crippen molar-refractivity contribution in [3.63, 3.8) is 0 Å². The Morgan fingerprint density at radius 1 is 1.29 bits per heavy atom. The fourth-order valence-corrected chi connectivity index (χ4v) is 6.18. The van der Waals surface area contributed by atoms with Gasteiger partial charge in [-0.3, -0.25) is 0 Å². The molecule has 2 N–H and O–H groups in total. The Bertz CT molecular complexity index is 546. The van der Waals surface area contributed by atoms with Crippen molar-refractivity contribution in [2.24, 2.45) is 11.7 Å². The minimum absolute atomic E-state index is 0.0438. The molecule has 4 nitrogen and oxygen atoms in total. The van der Waals surface area contributed by atoms with Gasteiger partial charge in [-0.2, -0.15) is 4.31 Å². The number of aryl methyl sites for hydroxylation is 1. The molecule has 0 aliphatic heterocycles. The summed E-state index contributed by atoms with van der Waals surface area (Å²) < 4.78 is 28.0. The van der Waals surface area contributed by atoms with Gasteiger partial charge in [0.05, 0.1) is 0 Å². The molecule has 0 saturated carbocycles. The van der Waals surface area contributed by atoms with E-state index >= 15 is 0 Å². The van der Waals surface area contributed by atoms with Gasteiger partial charge in [-0.25, -0.2) is 8.42 Å². The molecule has 0 atom stereocenters. The van der Waals surface area contributed by atoms with E-state index in [9.17, 15) is 8.42 Å². The minimum atomic E-state index is -3.49. The Hall–Kier alpha value is -0.430.